The molecule has 1 aliphatic carbocycles. The molecule has 1 aliphatic heterocycles. The summed E-state index contributed by atoms with van der Waals surface area (Å²) in [6, 6.07) is 16.0. The molecule has 2 fully saturated rings. The van der Waals surface area contributed by atoms with Crippen molar-refractivity contribution in [3.63, 3.8) is 0 Å². The summed E-state index contributed by atoms with van der Waals surface area (Å²) in [5, 5.41) is 6.21. The Morgan fingerprint density at radius 2 is 1.69 bits per heavy atom. The lowest BCUT2D eigenvalue weighted by molar-refractivity contribution is -0.121. The predicted molar refractivity (Wildman–Crippen MR) is 132 cm³/mol. The van der Waals surface area contributed by atoms with Gasteiger partial charge in [-0.05, 0) is 68.6 Å². The van der Waals surface area contributed by atoms with Gasteiger partial charge in [0.1, 0.15) is 0 Å². The summed E-state index contributed by atoms with van der Waals surface area (Å²) in [5.74, 6) is -0.0927. The molecule has 2 aromatic rings. The Hall–Kier alpha value is -2.18. The summed E-state index contributed by atoms with van der Waals surface area (Å²) in [6.45, 7) is 2.70. The van der Waals surface area contributed by atoms with Crippen LogP contribution in [0.3, 0.4) is 0 Å². The van der Waals surface area contributed by atoms with Crippen LogP contribution in [0.2, 0.25) is 0 Å². The number of amides is 2. The fourth-order valence-electron chi connectivity index (χ4n) is 4.78. The normalized spacial score (nSPS) is 18.3. The summed E-state index contributed by atoms with van der Waals surface area (Å²) in [5.41, 5.74) is 2.45. The topological polar surface area (TPSA) is 61.4 Å². The van der Waals surface area contributed by atoms with Crippen molar-refractivity contribution < 1.29 is 9.59 Å². The zero-order valence-corrected chi connectivity index (χ0v) is 20.1. The van der Waals surface area contributed by atoms with E-state index in [1.165, 1.54) is 24.8 Å². The largest absolute Gasteiger partial charge is 0.349 e. The van der Waals surface area contributed by atoms with Crippen LogP contribution in [0.4, 0.5) is 5.69 Å². The number of anilines is 1. The number of benzene rings is 2. The first kappa shape index (κ1) is 23.0. The maximum absolute atomic E-state index is 13.0. The molecule has 0 bridgehead atoms. The SMILES string of the molecule is O=C(NC1CCCCC1)c1ccccc1NC(=O)C1CCN(Cc2cccc(Br)c2)CC1. The van der Waals surface area contributed by atoms with E-state index in [-0.39, 0.29) is 23.8 Å². The molecule has 2 N–H and O–H groups in total. The lowest BCUT2D eigenvalue weighted by Gasteiger charge is -2.31. The van der Waals surface area contributed by atoms with Gasteiger partial charge in [0.2, 0.25) is 5.91 Å². The van der Waals surface area contributed by atoms with Gasteiger partial charge < -0.3 is 10.6 Å². The summed E-state index contributed by atoms with van der Waals surface area (Å²) in [7, 11) is 0. The minimum absolute atomic E-state index is 0.0185. The fraction of sp³-hybridized carbons (Fsp3) is 0.462. The molecule has 1 heterocycles. The Labute approximate surface area is 199 Å². The number of nitrogens with zero attached hydrogens (tertiary/aromatic N) is 1. The quantitative estimate of drug-likeness (QED) is 0.564. The van der Waals surface area contributed by atoms with Gasteiger partial charge in [0.15, 0.2) is 0 Å². The van der Waals surface area contributed by atoms with Crippen LogP contribution < -0.4 is 10.6 Å². The third kappa shape index (κ3) is 6.20. The van der Waals surface area contributed by atoms with Crippen molar-refractivity contribution in [2.75, 3.05) is 18.4 Å². The van der Waals surface area contributed by atoms with Gasteiger partial charge in [-0.2, -0.15) is 0 Å². The Kier molecular flexibility index (Phi) is 7.98. The molecule has 5 nitrogen and oxygen atoms in total. The average molecular weight is 498 g/mol. The number of nitrogens with one attached hydrogen (secondary N) is 2. The highest BCUT2D eigenvalue weighted by Gasteiger charge is 2.26. The summed E-state index contributed by atoms with van der Waals surface area (Å²) in [4.78, 5) is 28.2. The average Bonchev–Trinajstić information content (AvgIpc) is 2.80. The number of rotatable bonds is 6. The predicted octanol–water partition coefficient (Wildman–Crippen LogP) is 5.36. The zero-order chi connectivity index (χ0) is 22.3. The Morgan fingerprint density at radius 3 is 2.44 bits per heavy atom. The molecular formula is C26H32BrN3O2. The Morgan fingerprint density at radius 1 is 0.938 bits per heavy atom. The number of hydrogen-bond acceptors (Lipinski definition) is 3. The molecule has 0 radical (unpaired) electrons. The first-order chi connectivity index (χ1) is 15.6. The molecule has 1 saturated heterocycles. The molecule has 2 aliphatic rings. The van der Waals surface area contributed by atoms with Crippen LogP contribution in [0.25, 0.3) is 0 Å². The van der Waals surface area contributed by atoms with Crippen LogP contribution >= 0.6 is 15.9 Å². The fourth-order valence-corrected chi connectivity index (χ4v) is 5.23. The second-order valence-corrected chi connectivity index (χ2v) is 9.94. The first-order valence-corrected chi connectivity index (χ1v) is 12.6. The Balaban J connectivity index is 1.31. The number of carbonyl (C=O) groups is 2. The van der Waals surface area contributed by atoms with Gasteiger partial charge in [0.05, 0.1) is 11.3 Å². The maximum Gasteiger partial charge on any atom is 0.253 e. The van der Waals surface area contributed by atoms with Crippen LogP contribution in [-0.2, 0) is 11.3 Å². The number of para-hydroxylation sites is 1. The first-order valence-electron chi connectivity index (χ1n) is 11.8. The number of halogens is 1. The third-order valence-corrected chi connectivity index (χ3v) is 7.12. The lowest BCUT2D eigenvalue weighted by atomic mass is 9.94. The molecule has 0 atom stereocenters. The molecule has 32 heavy (non-hydrogen) atoms. The second-order valence-electron chi connectivity index (χ2n) is 9.02. The summed E-state index contributed by atoms with van der Waals surface area (Å²) >= 11 is 3.53. The molecule has 2 amide bonds. The summed E-state index contributed by atoms with van der Waals surface area (Å²) in [6.07, 6.45) is 7.33. The van der Waals surface area contributed by atoms with E-state index in [0.29, 0.717) is 11.3 Å². The van der Waals surface area contributed by atoms with Gasteiger partial charge in [0, 0.05) is 23.0 Å². The van der Waals surface area contributed by atoms with Crippen molar-refractivity contribution in [3.05, 3.63) is 64.1 Å². The van der Waals surface area contributed by atoms with Gasteiger partial charge in [-0.3, -0.25) is 14.5 Å². The molecule has 2 aromatic carbocycles. The van der Waals surface area contributed by atoms with Crippen LogP contribution in [0.1, 0.15) is 60.9 Å². The minimum atomic E-state index is -0.0864. The van der Waals surface area contributed by atoms with Crippen molar-refractivity contribution in [2.24, 2.45) is 5.92 Å². The molecular weight excluding hydrogens is 466 g/mol. The van der Waals surface area contributed by atoms with E-state index in [9.17, 15) is 9.59 Å². The molecule has 4 rings (SSSR count). The highest BCUT2D eigenvalue weighted by Crippen LogP contribution is 2.24. The van der Waals surface area contributed by atoms with Gasteiger partial charge in [-0.25, -0.2) is 0 Å². The molecule has 1 saturated carbocycles. The van der Waals surface area contributed by atoms with Crippen LogP contribution in [0.15, 0.2) is 53.0 Å². The van der Waals surface area contributed by atoms with E-state index in [2.05, 4.69) is 49.7 Å². The van der Waals surface area contributed by atoms with Crippen molar-refractivity contribution in [1.29, 1.82) is 0 Å². The second kappa shape index (κ2) is 11.1. The van der Waals surface area contributed by atoms with Crippen LogP contribution in [-0.4, -0.2) is 35.8 Å². The number of hydrogen-bond donors (Lipinski definition) is 2. The molecule has 0 aromatic heterocycles. The van der Waals surface area contributed by atoms with Crippen molar-refractivity contribution in [1.82, 2.24) is 10.2 Å². The molecule has 0 unspecified atom stereocenters. The van der Waals surface area contributed by atoms with E-state index in [4.69, 9.17) is 0 Å². The van der Waals surface area contributed by atoms with Crippen molar-refractivity contribution in [3.8, 4) is 0 Å². The standard InChI is InChI=1S/C26H32BrN3O2/c27-21-8-6-7-19(17-21)18-30-15-13-20(14-16-30)25(31)29-24-12-5-4-11-23(24)26(32)28-22-9-2-1-3-10-22/h4-8,11-12,17,20,22H,1-3,9-10,13-16,18H2,(H,28,32)(H,29,31). The monoisotopic (exact) mass is 497 g/mol. The van der Waals surface area contributed by atoms with Gasteiger partial charge >= 0.3 is 0 Å². The molecule has 0 spiro atoms. The van der Waals surface area contributed by atoms with Crippen molar-refractivity contribution in [2.45, 2.75) is 57.5 Å². The number of piperidine rings is 1. The van der Waals surface area contributed by atoms with Gasteiger partial charge in [0.25, 0.3) is 5.91 Å². The maximum atomic E-state index is 13.0. The van der Waals surface area contributed by atoms with E-state index in [1.807, 2.05) is 24.3 Å². The number of likely N-dealkylation sites (tertiary alicyclic amines) is 1. The summed E-state index contributed by atoms with van der Waals surface area (Å²) < 4.78 is 1.09. The van der Waals surface area contributed by atoms with E-state index >= 15 is 0 Å². The van der Waals surface area contributed by atoms with Crippen LogP contribution in [0, 0.1) is 5.92 Å². The van der Waals surface area contributed by atoms with Gasteiger partial charge in [-0.15, -0.1) is 0 Å². The smallest absolute Gasteiger partial charge is 0.253 e. The number of carbonyl (C=O) groups excluding carboxylic acids is 2. The van der Waals surface area contributed by atoms with E-state index in [1.54, 1.807) is 6.07 Å². The van der Waals surface area contributed by atoms with Crippen molar-refractivity contribution >= 4 is 33.4 Å². The van der Waals surface area contributed by atoms with E-state index in [0.717, 1.165) is 49.8 Å². The zero-order valence-electron chi connectivity index (χ0n) is 18.5. The highest BCUT2D eigenvalue weighted by molar-refractivity contribution is 9.10. The third-order valence-electron chi connectivity index (χ3n) is 6.62. The van der Waals surface area contributed by atoms with E-state index < -0.39 is 0 Å². The highest BCUT2D eigenvalue weighted by atomic mass is 79.9. The Bertz CT molecular complexity index is 934. The molecule has 170 valence electrons. The van der Waals surface area contributed by atoms with Crippen LogP contribution in [0.5, 0.6) is 0 Å². The minimum Gasteiger partial charge on any atom is -0.349 e. The lowest BCUT2D eigenvalue weighted by Crippen LogP contribution is -2.38. The van der Waals surface area contributed by atoms with Gasteiger partial charge in [-0.1, -0.05) is 59.5 Å². The molecule has 6 heteroatoms.